The first-order valence-electron chi connectivity index (χ1n) is 8.43. The summed E-state index contributed by atoms with van der Waals surface area (Å²) in [7, 11) is 0. The van der Waals surface area contributed by atoms with E-state index in [0.717, 1.165) is 27.0 Å². The van der Waals surface area contributed by atoms with Crippen LogP contribution in [0.2, 0.25) is 5.02 Å². The first-order chi connectivity index (χ1) is 12.0. The second-order valence-corrected chi connectivity index (χ2v) is 6.75. The lowest BCUT2D eigenvalue weighted by Crippen LogP contribution is -2.91. The molecule has 0 saturated heterocycles. The molecule has 0 radical (unpaired) electrons. The second-order valence-electron chi connectivity index (χ2n) is 6.34. The normalized spacial score (nSPS) is 13.4. The zero-order valence-corrected chi connectivity index (χ0v) is 15.1. The standard InChI is InChI=1S/C21H21ClN2O/c1-14(19-9-5-6-10-20(19)22)23-15(2)21(25)24-18-12-11-16-7-3-4-8-17(16)13-18/h3-15,23H,1-2H3,(H,24,25)/p+1/t14-,15+/m0/s1. The molecule has 0 aliphatic carbocycles. The van der Waals surface area contributed by atoms with Crippen LogP contribution in [0.4, 0.5) is 5.69 Å². The zero-order valence-electron chi connectivity index (χ0n) is 14.4. The van der Waals surface area contributed by atoms with Crippen molar-refractivity contribution in [2.75, 3.05) is 5.32 Å². The maximum absolute atomic E-state index is 12.5. The van der Waals surface area contributed by atoms with E-state index >= 15 is 0 Å². The molecule has 2 atom stereocenters. The van der Waals surface area contributed by atoms with Crippen molar-refractivity contribution in [3.63, 3.8) is 0 Å². The van der Waals surface area contributed by atoms with Gasteiger partial charge >= 0.3 is 0 Å². The van der Waals surface area contributed by atoms with Gasteiger partial charge < -0.3 is 10.6 Å². The number of rotatable bonds is 5. The number of carbonyl (C=O) groups is 1. The van der Waals surface area contributed by atoms with Crippen molar-refractivity contribution in [3.05, 3.63) is 77.3 Å². The fourth-order valence-corrected chi connectivity index (χ4v) is 3.30. The molecule has 128 valence electrons. The highest BCUT2D eigenvalue weighted by atomic mass is 35.5. The number of carbonyl (C=O) groups excluding carboxylic acids is 1. The molecule has 3 aromatic rings. The SMILES string of the molecule is C[C@H]([NH2+][C@H](C)C(=O)Nc1ccc2ccccc2c1)c1ccccc1Cl. The lowest BCUT2D eigenvalue weighted by molar-refractivity contribution is -0.709. The predicted octanol–water partition coefficient (Wildman–Crippen LogP) is 4.14. The van der Waals surface area contributed by atoms with E-state index < -0.39 is 0 Å². The summed E-state index contributed by atoms with van der Waals surface area (Å²) in [4.78, 5) is 12.5. The summed E-state index contributed by atoms with van der Waals surface area (Å²) >= 11 is 6.25. The van der Waals surface area contributed by atoms with E-state index in [-0.39, 0.29) is 18.0 Å². The van der Waals surface area contributed by atoms with Gasteiger partial charge in [0.05, 0.1) is 0 Å². The number of benzene rings is 3. The highest BCUT2D eigenvalue weighted by Gasteiger charge is 2.21. The molecule has 4 heteroatoms. The van der Waals surface area contributed by atoms with E-state index in [1.807, 2.05) is 72.9 Å². The van der Waals surface area contributed by atoms with Gasteiger partial charge in [-0.3, -0.25) is 4.79 Å². The highest BCUT2D eigenvalue weighted by Crippen LogP contribution is 2.20. The lowest BCUT2D eigenvalue weighted by atomic mass is 10.1. The Bertz CT molecular complexity index is 894. The molecule has 0 aliphatic heterocycles. The first kappa shape index (κ1) is 17.5. The first-order valence-corrected chi connectivity index (χ1v) is 8.81. The summed E-state index contributed by atoms with van der Waals surface area (Å²) in [6, 6.07) is 21.7. The van der Waals surface area contributed by atoms with Crippen LogP contribution in [0.5, 0.6) is 0 Å². The minimum atomic E-state index is -0.224. The summed E-state index contributed by atoms with van der Waals surface area (Å²) in [6.07, 6.45) is 0. The van der Waals surface area contributed by atoms with Crippen LogP contribution in [0.1, 0.15) is 25.5 Å². The summed E-state index contributed by atoms with van der Waals surface area (Å²) in [5.41, 5.74) is 1.85. The molecule has 3 N–H and O–H groups in total. The van der Waals surface area contributed by atoms with Crippen molar-refractivity contribution in [2.24, 2.45) is 0 Å². The molecule has 0 unspecified atom stereocenters. The molecule has 3 aromatic carbocycles. The molecular weight excluding hydrogens is 332 g/mol. The average Bonchev–Trinajstić information content (AvgIpc) is 2.61. The van der Waals surface area contributed by atoms with Gasteiger partial charge in [-0.2, -0.15) is 0 Å². The number of halogens is 1. The molecule has 0 aliphatic rings. The minimum Gasteiger partial charge on any atom is -0.330 e. The molecule has 1 amide bonds. The molecule has 25 heavy (non-hydrogen) atoms. The second kappa shape index (κ2) is 7.68. The Morgan fingerprint density at radius 2 is 1.64 bits per heavy atom. The van der Waals surface area contributed by atoms with Crippen molar-refractivity contribution in [1.29, 1.82) is 0 Å². The van der Waals surface area contributed by atoms with Gasteiger partial charge in [0.1, 0.15) is 6.04 Å². The van der Waals surface area contributed by atoms with E-state index in [9.17, 15) is 4.79 Å². The van der Waals surface area contributed by atoms with E-state index in [2.05, 4.69) is 18.3 Å². The zero-order chi connectivity index (χ0) is 17.8. The molecule has 0 fully saturated rings. The van der Waals surface area contributed by atoms with Crippen LogP contribution in [0.25, 0.3) is 10.8 Å². The number of anilines is 1. The number of hydrogen-bond acceptors (Lipinski definition) is 1. The van der Waals surface area contributed by atoms with Crippen molar-refractivity contribution < 1.29 is 10.1 Å². The van der Waals surface area contributed by atoms with Crippen molar-refractivity contribution in [2.45, 2.75) is 25.9 Å². The number of hydrogen-bond donors (Lipinski definition) is 2. The minimum absolute atomic E-state index is 0.0193. The fourth-order valence-electron chi connectivity index (χ4n) is 2.99. The number of fused-ring (bicyclic) bond motifs is 1. The molecule has 3 rings (SSSR count). The lowest BCUT2D eigenvalue weighted by Gasteiger charge is -2.18. The quantitative estimate of drug-likeness (QED) is 0.711. The third-order valence-electron chi connectivity index (χ3n) is 4.40. The number of amides is 1. The Morgan fingerprint density at radius 1 is 0.960 bits per heavy atom. The third kappa shape index (κ3) is 4.19. The van der Waals surface area contributed by atoms with Gasteiger partial charge in [-0.15, -0.1) is 0 Å². The molecule has 0 bridgehead atoms. The van der Waals surface area contributed by atoms with Gasteiger partial charge in [0, 0.05) is 16.3 Å². The van der Waals surface area contributed by atoms with Crippen LogP contribution in [0.15, 0.2) is 66.7 Å². The van der Waals surface area contributed by atoms with E-state index in [4.69, 9.17) is 11.6 Å². The van der Waals surface area contributed by atoms with Gasteiger partial charge in [-0.05, 0) is 42.8 Å². The van der Waals surface area contributed by atoms with Gasteiger partial charge in [-0.25, -0.2) is 0 Å². The van der Waals surface area contributed by atoms with Crippen LogP contribution in [-0.2, 0) is 4.79 Å². The summed E-state index contributed by atoms with van der Waals surface area (Å²) in [5, 5.41) is 8.03. The number of quaternary nitrogens is 1. The molecule has 0 heterocycles. The van der Waals surface area contributed by atoms with Crippen LogP contribution in [0, 0.1) is 0 Å². The number of nitrogens with two attached hydrogens (primary N) is 1. The Balaban J connectivity index is 1.66. The van der Waals surface area contributed by atoms with Crippen LogP contribution in [-0.4, -0.2) is 11.9 Å². The maximum atomic E-state index is 12.5. The van der Waals surface area contributed by atoms with E-state index in [1.54, 1.807) is 0 Å². The molecule has 0 saturated carbocycles. The van der Waals surface area contributed by atoms with Crippen LogP contribution in [0.3, 0.4) is 0 Å². The van der Waals surface area contributed by atoms with Crippen molar-refractivity contribution >= 4 is 34.0 Å². The van der Waals surface area contributed by atoms with Gasteiger partial charge in [0.25, 0.3) is 5.91 Å². The van der Waals surface area contributed by atoms with Gasteiger partial charge in [0.2, 0.25) is 0 Å². The monoisotopic (exact) mass is 353 g/mol. The highest BCUT2D eigenvalue weighted by molar-refractivity contribution is 6.31. The average molecular weight is 354 g/mol. The molecule has 0 spiro atoms. The topological polar surface area (TPSA) is 45.7 Å². The van der Waals surface area contributed by atoms with Crippen LogP contribution >= 0.6 is 11.6 Å². The van der Waals surface area contributed by atoms with E-state index in [1.165, 1.54) is 0 Å². The van der Waals surface area contributed by atoms with Gasteiger partial charge in [-0.1, -0.05) is 60.1 Å². The summed E-state index contributed by atoms with van der Waals surface area (Å²) in [5.74, 6) is -0.0193. The third-order valence-corrected chi connectivity index (χ3v) is 4.75. The largest absolute Gasteiger partial charge is 0.330 e. The summed E-state index contributed by atoms with van der Waals surface area (Å²) in [6.45, 7) is 3.96. The van der Waals surface area contributed by atoms with Crippen molar-refractivity contribution in [1.82, 2.24) is 0 Å². The molecular formula is C21H22ClN2O+. The van der Waals surface area contributed by atoms with E-state index in [0.29, 0.717) is 0 Å². The van der Waals surface area contributed by atoms with Crippen LogP contribution < -0.4 is 10.6 Å². The smallest absolute Gasteiger partial charge is 0.282 e. The Hall–Kier alpha value is -2.36. The Labute approximate surface area is 153 Å². The predicted molar refractivity (Wildman–Crippen MR) is 104 cm³/mol. The van der Waals surface area contributed by atoms with Crippen molar-refractivity contribution in [3.8, 4) is 0 Å². The Kier molecular flexibility index (Phi) is 5.37. The number of nitrogens with one attached hydrogen (secondary N) is 1. The summed E-state index contributed by atoms with van der Waals surface area (Å²) < 4.78 is 0. The maximum Gasteiger partial charge on any atom is 0.282 e. The van der Waals surface area contributed by atoms with Gasteiger partial charge in [0.15, 0.2) is 6.04 Å². The Morgan fingerprint density at radius 3 is 2.40 bits per heavy atom. The molecule has 3 nitrogen and oxygen atoms in total. The fraction of sp³-hybridized carbons (Fsp3) is 0.190. The molecule has 0 aromatic heterocycles.